The van der Waals surface area contributed by atoms with Crippen molar-refractivity contribution in [3.8, 4) is 11.5 Å². The SMILES string of the molecule is COc1cccc(C=NO)c1O. The van der Waals surface area contributed by atoms with Crippen LogP contribution in [0.5, 0.6) is 11.5 Å². The highest BCUT2D eigenvalue weighted by atomic mass is 16.5. The Hall–Kier alpha value is -1.71. The van der Waals surface area contributed by atoms with Crippen molar-refractivity contribution in [2.24, 2.45) is 5.16 Å². The van der Waals surface area contributed by atoms with Crippen molar-refractivity contribution in [1.82, 2.24) is 0 Å². The van der Waals surface area contributed by atoms with Gasteiger partial charge in [-0.1, -0.05) is 11.2 Å². The number of oxime groups is 1. The summed E-state index contributed by atoms with van der Waals surface area (Å²) in [4.78, 5) is 0. The smallest absolute Gasteiger partial charge is 0.166 e. The van der Waals surface area contributed by atoms with Gasteiger partial charge in [0.25, 0.3) is 0 Å². The van der Waals surface area contributed by atoms with E-state index in [1.165, 1.54) is 7.11 Å². The van der Waals surface area contributed by atoms with E-state index in [0.717, 1.165) is 6.21 Å². The summed E-state index contributed by atoms with van der Waals surface area (Å²) in [6.45, 7) is 0. The highest BCUT2D eigenvalue weighted by molar-refractivity contribution is 5.84. The Kier molecular flexibility index (Phi) is 2.53. The molecule has 0 saturated heterocycles. The first-order valence-electron chi connectivity index (χ1n) is 3.33. The first kappa shape index (κ1) is 8.39. The first-order valence-corrected chi connectivity index (χ1v) is 3.33. The molecule has 0 amide bonds. The van der Waals surface area contributed by atoms with Gasteiger partial charge in [-0.05, 0) is 12.1 Å². The zero-order valence-electron chi connectivity index (χ0n) is 6.56. The fourth-order valence-corrected chi connectivity index (χ4v) is 0.870. The summed E-state index contributed by atoms with van der Waals surface area (Å²) in [6, 6.07) is 4.91. The zero-order valence-corrected chi connectivity index (χ0v) is 6.56. The third kappa shape index (κ3) is 1.47. The molecule has 2 N–H and O–H groups in total. The van der Waals surface area contributed by atoms with Crippen molar-refractivity contribution >= 4 is 6.21 Å². The molecule has 0 radical (unpaired) electrons. The van der Waals surface area contributed by atoms with Gasteiger partial charge in [0.1, 0.15) is 0 Å². The van der Waals surface area contributed by atoms with Crippen LogP contribution in [0.1, 0.15) is 5.56 Å². The maximum absolute atomic E-state index is 9.39. The molecule has 1 aromatic carbocycles. The van der Waals surface area contributed by atoms with Crippen molar-refractivity contribution in [3.63, 3.8) is 0 Å². The lowest BCUT2D eigenvalue weighted by Crippen LogP contribution is -1.87. The predicted octanol–water partition coefficient (Wildman–Crippen LogP) is 1.21. The second kappa shape index (κ2) is 3.61. The van der Waals surface area contributed by atoms with Crippen LogP contribution < -0.4 is 4.74 Å². The van der Waals surface area contributed by atoms with Crippen molar-refractivity contribution in [1.29, 1.82) is 0 Å². The van der Waals surface area contributed by atoms with Crippen molar-refractivity contribution in [2.45, 2.75) is 0 Å². The minimum Gasteiger partial charge on any atom is -0.504 e. The topological polar surface area (TPSA) is 62.0 Å². The van der Waals surface area contributed by atoms with Crippen LogP contribution in [-0.2, 0) is 0 Å². The highest BCUT2D eigenvalue weighted by Crippen LogP contribution is 2.27. The first-order chi connectivity index (χ1) is 5.79. The maximum Gasteiger partial charge on any atom is 0.166 e. The van der Waals surface area contributed by atoms with Gasteiger partial charge in [-0.25, -0.2) is 0 Å². The Morgan fingerprint density at radius 2 is 2.25 bits per heavy atom. The van der Waals surface area contributed by atoms with Crippen molar-refractivity contribution in [3.05, 3.63) is 23.8 Å². The van der Waals surface area contributed by atoms with Crippen LogP contribution in [0.3, 0.4) is 0 Å². The average Bonchev–Trinajstić information content (AvgIpc) is 2.09. The lowest BCUT2D eigenvalue weighted by atomic mass is 10.2. The summed E-state index contributed by atoms with van der Waals surface area (Å²) in [7, 11) is 1.45. The van der Waals surface area contributed by atoms with Gasteiger partial charge in [0.15, 0.2) is 11.5 Å². The summed E-state index contributed by atoms with van der Waals surface area (Å²) in [5, 5.41) is 20.4. The molecule has 0 heterocycles. The summed E-state index contributed by atoms with van der Waals surface area (Å²) in [6.07, 6.45) is 1.14. The number of rotatable bonds is 2. The highest BCUT2D eigenvalue weighted by Gasteiger charge is 2.03. The van der Waals surface area contributed by atoms with E-state index < -0.39 is 0 Å². The van der Waals surface area contributed by atoms with Crippen LogP contribution in [0.15, 0.2) is 23.4 Å². The van der Waals surface area contributed by atoms with Gasteiger partial charge in [0.05, 0.1) is 13.3 Å². The average molecular weight is 167 g/mol. The molecular weight excluding hydrogens is 158 g/mol. The van der Waals surface area contributed by atoms with Crippen LogP contribution in [-0.4, -0.2) is 23.6 Å². The van der Waals surface area contributed by atoms with E-state index >= 15 is 0 Å². The van der Waals surface area contributed by atoms with Crippen LogP contribution in [0, 0.1) is 0 Å². The summed E-state index contributed by atoms with van der Waals surface area (Å²) in [5.41, 5.74) is 0.414. The molecule has 0 atom stereocenters. The lowest BCUT2D eigenvalue weighted by Gasteiger charge is -2.03. The Balaban J connectivity index is 3.13. The van der Waals surface area contributed by atoms with Crippen molar-refractivity contribution in [2.75, 3.05) is 7.11 Å². The monoisotopic (exact) mass is 167 g/mol. The minimum absolute atomic E-state index is 0.0298. The minimum atomic E-state index is -0.0298. The van der Waals surface area contributed by atoms with Gasteiger partial charge < -0.3 is 15.1 Å². The third-order valence-corrected chi connectivity index (χ3v) is 1.45. The zero-order chi connectivity index (χ0) is 8.97. The van der Waals surface area contributed by atoms with E-state index in [-0.39, 0.29) is 5.75 Å². The molecule has 12 heavy (non-hydrogen) atoms. The van der Waals surface area contributed by atoms with Gasteiger partial charge >= 0.3 is 0 Å². The largest absolute Gasteiger partial charge is 0.504 e. The van der Waals surface area contributed by atoms with Crippen LogP contribution in [0.25, 0.3) is 0 Å². The normalized spacial score (nSPS) is 10.4. The molecule has 0 bridgehead atoms. The van der Waals surface area contributed by atoms with E-state index in [9.17, 15) is 5.11 Å². The summed E-state index contributed by atoms with van der Waals surface area (Å²) in [5.74, 6) is 0.324. The number of hydrogen-bond donors (Lipinski definition) is 2. The Bertz CT molecular complexity index is 296. The molecule has 0 aliphatic rings. The number of nitrogens with zero attached hydrogens (tertiary/aromatic N) is 1. The van der Waals surface area contributed by atoms with Crippen LogP contribution >= 0.6 is 0 Å². The standard InChI is InChI=1S/C8H9NO3/c1-12-7-4-2-3-6(5-9-11)8(7)10/h2-5,10-11H,1H3. The predicted molar refractivity (Wildman–Crippen MR) is 44.0 cm³/mol. The van der Waals surface area contributed by atoms with E-state index in [1.54, 1.807) is 18.2 Å². The molecule has 0 aliphatic heterocycles. The molecule has 0 spiro atoms. The summed E-state index contributed by atoms with van der Waals surface area (Å²) >= 11 is 0. The number of phenols is 1. The van der Waals surface area contributed by atoms with Gasteiger partial charge in [-0.2, -0.15) is 0 Å². The number of hydrogen-bond acceptors (Lipinski definition) is 4. The fraction of sp³-hybridized carbons (Fsp3) is 0.125. The Labute approximate surface area is 69.7 Å². The van der Waals surface area contributed by atoms with Gasteiger partial charge in [-0.3, -0.25) is 0 Å². The van der Waals surface area contributed by atoms with Gasteiger partial charge in [0, 0.05) is 5.56 Å². The molecule has 0 fully saturated rings. The fourth-order valence-electron chi connectivity index (χ4n) is 0.870. The van der Waals surface area contributed by atoms with E-state index in [4.69, 9.17) is 9.94 Å². The summed E-state index contributed by atoms with van der Waals surface area (Å²) < 4.78 is 4.84. The quantitative estimate of drug-likeness (QED) is 0.395. The maximum atomic E-state index is 9.39. The number of benzene rings is 1. The molecule has 1 aromatic rings. The van der Waals surface area contributed by atoms with Crippen LogP contribution in [0.4, 0.5) is 0 Å². The number of para-hydroxylation sites is 1. The van der Waals surface area contributed by atoms with Crippen molar-refractivity contribution < 1.29 is 15.1 Å². The molecular formula is C8H9NO3. The number of ether oxygens (including phenoxy) is 1. The number of phenolic OH excluding ortho intramolecular Hbond substituents is 1. The van der Waals surface area contributed by atoms with Crippen LogP contribution in [0.2, 0.25) is 0 Å². The molecule has 0 unspecified atom stereocenters. The molecule has 4 heteroatoms. The van der Waals surface area contributed by atoms with E-state index in [0.29, 0.717) is 11.3 Å². The van der Waals surface area contributed by atoms with E-state index in [1.807, 2.05) is 0 Å². The number of aromatic hydroxyl groups is 1. The molecule has 64 valence electrons. The molecule has 0 saturated carbocycles. The second-order valence-corrected chi connectivity index (χ2v) is 2.14. The Morgan fingerprint density at radius 3 is 2.83 bits per heavy atom. The van der Waals surface area contributed by atoms with Gasteiger partial charge in [0.2, 0.25) is 0 Å². The third-order valence-electron chi connectivity index (χ3n) is 1.45. The van der Waals surface area contributed by atoms with E-state index in [2.05, 4.69) is 5.16 Å². The molecule has 0 aliphatic carbocycles. The molecule has 1 rings (SSSR count). The Morgan fingerprint density at radius 1 is 1.50 bits per heavy atom. The van der Waals surface area contributed by atoms with Gasteiger partial charge in [-0.15, -0.1) is 0 Å². The lowest BCUT2D eigenvalue weighted by molar-refractivity contribution is 0.321. The molecule has 0 aromatic heterocycles. The number of methoxy groups -OCH3 is 1. The second-order valence-electron chi connectivity index (χ2n) is 2.14. The molecule has 4 nitrogen and oxygen atoms in total.